The largest absolute Gasteiger partial charge is 0.441 e. The molecule has 12 heteroatoms. The zero-order valence-electron chi connectivity index (χ0n) is 33.5. The van der Waals surface area contributed by atoms with Gasteiger partial charge in [-0.2, -0.15) is 0 Å². The minimum Gasteiger partial charge on any atom is -0.441 e. The lowest BCUT2D eigenvalue weighted by Crippen LogP contribution is -1.77. The highest BCUT2D eigenvalue weighted by Gasteiger charge is 2.14. The molecule has 12 aromatic rings. The first-order chi connectivity index (χ1) is 29.1. The maximum atomic E-state index is 5.82. The van der Waals surface area contributed by atoms with Crippen LogP contribution in [0.25, 0.3) is 98.3 Å². The van der Waals surface area contributed by atoms with Gasteiger partial charge >= 0.3 is 0 Å². The van der Waals surface area contributed by atoms with Gasteiger partial charge in [-0.1, -0.05) is 65.2 Å². The molecular weight excluding hydrogens is 789 g/mol. The highest BCUT2D eigenvalue weighted by Crippen LogP contribution is 2.35. The third kappa shape index (κ3) is 7.42. The van der Waals surface area contributed by atoms with Crippen LogP contribution in [0, 0.1) is 41.5 Å². The topological polar surface area (TPSA) is 130 Å². The van der Waals surface area contributed by atoms with Gasteiger partial charge in [-0.3, -0.25) is 0 Å². The summed E-state index contributed by atoms with van der Waals surface area (Å²) in [5.41, 5.74) is 15.0. The predicted molar refractivity (Wildman–Crippen MR) is 241 cm³/mol. The van der Waals surface area contributed by atoms with E-state index in [-0.39, 0.29) is 0 Å². The summed E-state index contributed by atoms with van der Waals surface area (Å²) < 4.78 is 25.1. The number of aromatic nitrogens is 6. The molecule has 0 fully saturated rings. The molecule has 0 bridgehead atoms. The molecule has 6 heterocycles. The Morgan fingerprint density at radius 2 is 0.767 bits per heavy atom. The van der Waals surface area contributed by atoms with Crippen LogP contribution < -0.4 is 0 Å². The summed E-state index contributed by atoms with van der Waals surface area (Å²) in [6, 6.07) is 36.5. The predicted octanol–water partition coefficient (Wildman–Crippen LogP) is 13.7. The molecule has 0 aliphatic rings. The van der Waals surface area contributed by atoms with Gasteiger partial charge < -0.3 is 17.7 Å². The molecular formula is C48H36N6O4S2. The fourth-order valence-corrected chi connectivity index (χ4v) is 8.68. The molecule has 0 saturated carbocycles. The van der Waals surface area contributed by atoms with Crippen LogP contribution in [0.2, 0.25) is 0 Å². The van der Waals surface area contributed by atoms with E-state index in [1.54, 1.807) is 22.7 Å². The number of hydrogen-bond acceptors (Lipinski definition) is 12. The van der Waals surface area contributed by atoms with Crippen LogP contribution in [0.1, 0.15) is 33.5 Å². The van der Waals surface area contributed by atoms with E-state index in [1.807, 2.05) is 93.6 Å². The minimum absolute atomic E-state index is 0.615. The summed E-state index contributed by atoms with van der Waals surface area (Å²) in [6.45, 7) is 11.9. The van der Waals surface area contributed by atoms with E-state index >= 15 is 0 Å². The second-order valence-corrected chi connectivity index (χ2v) is 17.0. The highest BCUT2D eigenvalue weighted by molar-refractivity contribution is 7.22. The van der Waals surface area contributed by atoms with E-state index < -0.39 is 0 Å². The monoisotopic (exact) mass is 824 g/mol. The average Bonchev–Trinajstić information content (AvgIpc) is 4.09. The van der Waals surface area contributed by atoms with Crippen LogP contribution >= 0.6 is 22.7 Å². The van der Waals surface area contributed by atoms with Crippen molar-refractivity contribution in [3.8, 4) is 33.5 Å². The van der Waals surface area contributed by atoms with E-state index in [0.29, 0.717) is 29.1 Å². The van der Waals surface area contributed by atoms with Crippen LogP contribution in [0.4, 0.5) is 0 Å². The molecule has 0 aliphatic heterocycles. The van der Waals surface area contributed by atoms with Crippen molar-refractivity contribution >= 4 is 87.5 Å². The van der Waals surface area contributed by atoms with Crippen molar-refractivity contribution < 1.29 is 17.7 Å². The molecule has 0 unspecified atom stereocenters. The van der Waals surface area contributed by atoms with E-state index in [1.165, 1.54) is 31.7 Å². The number of aryl methyl sites for hydroxylation is 6. The average molecular weight is 825 g/mol. The molecule has 60 heavy (non-hydrogen) atoms. The number of rotatable bonds is 3. The summed E-state index contributed by atoms with van der Waals surface area (Å²) in [7, 11) is 0. The lowest BCUT2D eigenvalue weighted by molar-refractivity contribution is 0.559. The van der Waals surface area contributed by atoms with Crippen LogP contribution in [-0.2, 0) is 0 Å². The third-order valence-electron chi connectivity index (χ3n) is 9.91. The Bertz CT molecular complexity index is 2970. The number of nitrogens with zero attached hydrogens (tertiary/aromatic N) is 6. The van der Waals surface area contributed by atoms with Gasteiger partial charge in [-0.25, -0.2) is 29.9 Å². The first-order valence-corrected chi connectivity index (χ1v) is 20.9. The molecule has 0 saturated heterocycles. The van der Waals surface area contributed by atoms with Gasteiger partial charge in [0.1, 0.15) is 27.1 Å². The Kier molecular flexibility index (Phi) is 9.30. The number of oxazole rings is 4. The quantitative estimate of drug-likeness (QED) is 0.170. The van der Waals surface area contributed by atoms with Gasteiger partial charge in [0.15, 0.2) is 34.1 Å². The summed E-state index contributed by atoms with van der Waals surface area (Å²) in [5.74, 6) is 2.52. The molecule has 10 nitrogen and oxygen atoms in total. The summed E-state index contributed by atoms with van der Waals surface area (Å²) in [5, 5.41) is 2.19. The lowest BCUT2D eigenvalue weighted by atomic mass is 10.1. The molecule has 0 spiro atoms. The summed E-state index contributed by atoms with van der Waals surface area (Å²) >= 11 is 3.46. The molecule has 6 aromatic heterocycles. The van der Waals surface area contributed by atoms with E-state index in [4.69, 9.17) is 22.7 Å². The van der Waals surface area contributed by atoms with Crippen LogP contribution in [0.5, 0.6) is 0 Å². The fraction of sp³-hybridized carbons (Fsp3) is 0.125. The van der Waals surface area contributed by atoms with Gasteiger partial charge in [0.25, 0.3) is 0 Å². The van der Waals surface area contributed by atoms with Gasteiger partial charge in [0, 0.05) is 48.7 Å². The second-order valence-electron chi connectivity index (χ2n) is 14.7. The van der Waals surface area contributed by atoms with E-state index in [0.717, 1.165) is 71.0 Å². The van der Waals surface area contributed by atoms with Crippen molar-refractivity contribution in [3.05, 3.63) is 143 Å². The number of hydrogen-bond donors (Lipinski definition) is 0. The maximum Gasteiger partial charge on any atom is 0.227 e. The zero-order valence-corrected chi connectivity index (χ0v) is 35.2. The SMILES string of the molecule is Cc1ccc(-c2nc3cc4nc(C)oc4cc3o2)cc1.Cc1ccc(-c2nc3cc4oc(C)nc4cc3o2)cc1.Cc1ccc(-c2nc3cc4sc(C)nc4cc3s2)cc1. The number of thiazole rings is 2. The Labute approximate surface area is 351 Å². The zero-order chi connectivity index (χ0) is 41.1. The summed E-state index contributed by atoms with van der Waals surface area (Å²) in [4.78, 5) is 27.0. The van der Waals surface area contributed by atoms with Crippen molar-refractivity contribution in [2.75, 3.05) is 0 Å². The summed E-state index contributed by atoms with van der Waals surface area (Å²) in [6.07, 6.45) is 0. The van der Waals surface area contributed by atoms with Gasteiger partial charge in [0.05, 0.1) is 25.4 Å². The first kappa shape index (κ1) is 37.3. The molecule has 0 amide bonds. The normalized spacial score (nSPS) is 11.5. The van der Waals surface area contributed by atoms with Crippen molar-refractivity contribution in [2.24, 2.45) is 0 Å². The molecule has 0 radical (unpaired) electrons. The number of benzene rings is 6. The smallest absolute Gasteiger partial charge is 0.227 e. The first-order valence-electron chi connectivity index (χ1n) is 19.3. The Hall–Kier alpha value is -7.02. The van der Waals surface area contributed by atoms with E-state index in [2.05, 4.69) is 82.1 Å². The fourth-order valence-electron chi connectivity index (χ4n) is 6.85. The molecule has 0 atom stereocenters. The Morgan fingerprint density at radius 1 is 0.350 bits per heavy atom. The van der Waals surface area contributed by atoms with Crippen LogP contribution in [0.3, 0.4) is 0 Å². The molecule has 0 aliphatic carbocycles. The van der Waals surface area contributed by atoms with Crippen LogP contribution in [0.15, 0.2) is 127 Å². The highest BCUT2D eigenvalue weighted by atomic mass is 32.1. The van der Waals surface area contributed by atoms with Crippen molar-refractivity contribution in [2.45, 2.75) is 41.5 Å². The second kappa shape index (κ2) is 15.0. The minimum atomic E-state index is 0.615. The van der Waals surface area contributed by atoms with Gasteiger partial charge in [-0.05, 0) is 70.2 Å². The van der Waals surface area contributed by atoms with Crippen LogP contribution in [-0.4, -0.2) is 29.9 Å². The molecule has 6 aromatic carbocycles. The maximum absolute atomic E-state index is 5.82. The van der Waals surface area contributed by atoms with Crippen molar-refractivity contribution in [3.63, 3.8) is 0 Å². The Balaban J connectivity index is 0.000000108. The molecule has 294 valence electrons. The Morgan fingerprint density at radius 3 is 1.33 bits per heavy atom. The number of fused-ring (bicyclic) bond motifs is 6. The molecule has 12 rings (SSSR count). The van der Waals surface area contributed by atoms with Crippen molar-refractivity contribution in [1.82, 2.24) is 29.9 Å². The van der Waals surface area contributed by atoms with Gasteiger partial charge in [-0.15, -0.1) is 22.7 Å². The molecule has 0 N–H and O–H groups in total. The van der Waals surface area contributed by atoms with Crippen molar-refractivity contribution in [1.29, 1.82) is 0 Å². The standard InChI is InChI=1S/2C16H12N2O2.C16H12N2S2/c1-9-3-5-11(6-4-9)16-18-13-8-14-12(7-15(13)20-16)17-10(2)19-14;1-9-3-5-11(6-4-9)16-18-13-7-12-14(8-15(13)20-16)19-10(2)17-12;1-9-3-5-11(6-4-9)16-18-13-8-14-12(7-15(13)20-16)17-10(2)19-14/h3*3-8H,1-2H3. The van der Waals surface area contributed by atoms with E-state index in [9.17, 15) is 0 Å². The third-order valence-corrected chi connectivity index (χ3v) is 11.9. The van der Waals surface area contributed by atoms with Gasteiger partial charge in [0.2, 0.25) is 11.8 Å². The lowest BCUT2D eigenvalue weighted by Gasteiger charge is -1.95.